The molecule has 2 heterocycles. The van der Waals surface area contributed by atoms with Crippen LogP contribution in [-0.4, -0.2) is 45.7 Å². The van der Waals surface area contributed by atoms with Gasteiger partial charge in [-0.1, -0.05) is 42.5 Å². The highest BCUT2D eigenvalue weighted by atomic mass is 32.1. The number of hydrogen-bond donors (Lipinski definition) is 3. The van der Waals surface area contributed by atoms with Crippen LogP contribution in [0.15, 0.2) is 66.0 Å². The summed E-state index contributed by atoms with van der Waals surface area (Å²) in [5.74, 6) is -2.05. The standard InChI is InChI=1S/C24H23FN2O4S/c25-17-7-3-6-15(13-17)20-19-9-2-1-5-16(19)14-27(20)24(31)22(29)21(28)23(30)26-11-10-18-8-4-12-32-18/h1-9,12-13,20-22,28-29H,10-11,14H2,(H,26,30). The Morgan fingerprint density at radius 1 is 1.09 bits per heavy atom. The number of amides is 2. The van der Waals surface area contributed by atoms with Crippen molar-refractivity contribution >= 4 is 23.2 Å². The van der Waals surface area contributed by atoms with Gasteiger partial charge < -0.3 is 20.4 Å². The summed E-state index contributed by atoms with van der Waals surface area (Å²) in [5, 5.41) is 25.3. The summed E-state index contributed by atoms with van der Waals surface area (Å²) in [4.78, 5) is 27.9. The maximum absolute atomic E-state index is 13.9. The molecule has 1 aromatic heterocycles. The van der Waals surface area contributed by atoms with Gasteiger partial charge in [-0.2, -0.15) is 0 Å². The van der Waals surface area contributed by atoms with E-state index in [1.807, 2.05) is 41.8 Å². The van der Waals surface area contributed by atoms with Gasteiger partial charge in [0.15, 0.2) is 12.2 Å². The van der Waals surface area contributed by atoms with Gasteiger partial charge in [0.2, 0.25) is 0 Å². The molecule has 0 bridgehead atoms. The van der Waals surface area contributed by atoms with Crippen LogP contribution in [0.3, 0.4) is 0 Å². The molecule has 3 unspecified atom stereocenters. The molecule has 0 saturated heterocycles. The van der Waals surface area contributed by atoms with Crippen molar-refractivity contribution in [2.24, 2.45) is 0 Å². The molecule has 166 valence electrons. The number of nitrogens with one attached hydrogen (secondary N) is 1. The first-order valence-corrected chi connectivity index (χ1v) is 11.1. The summed E-state index contributed by atoms with van der Waals surface area (Å²) in [6, 6.07) is 16.5. The van der Waals surface area contributed by atoms with E-state index in [9.17, 15) is 24.2 Å². The first-order valence-electron chi connectivity index (χ1n) is 10.3. The predicted octanol–water partition coefficient (Wildman–Crippen LogP) is 2.40. The monoisotopic (exact) mass is 454 g/mol. The van der Waals surface area contributed by atoms with E-state index in [1.165, 1.54) is 17.0 Å². The number of halogens is 1. The second-order valence-electron chi connectivity index (χ2n) is 7.63. The van der Waals surface area contributed by atoms with Crippen molar-refractivity contribution < 1.29 is 24.2 Å². The van der Waals surface area contributed by atoms with Gasteiger partial charge in [-0.15, -0.1) is 11.3 Å². The molecule has 0 aliphatic carbocycles. The van der Waals surface area contributed by atoms with E-state index in [-0.39, 0.29) is 13.1 Å². The van der Waals surface area contributed by atoms with Crippen molar-refractivity contribution in [1.82, 2.24) is 10.2 Å². The van der Waals surface area contributed by atoms with Crippen LogP contribution in [0.1, 0.15) is 27.6 Å². The molecule has 2 amide bonds. The first kappa shape index (κ1) is 22.1. The van der Waals surface area contributed by atoms with E-state index >= 15 is 0 Å². The van der Waals surface area contributed by atoms with Gasteiger partial charge in [-0.25, -0.2) is 4.39 Å². The number of benzene rings is 2. The van der Waals surface area contributed by atoms with Crippen LogP contribution in [0.25, 0.3) is 0 Å². The molecule has 3 aromatic rings. The molecule has 3 N–H and O–H groups in total. The van der Waals surface area contributed by atoms with Crippen LogP contribution in [0.5, 0.6) is 0 Å². The highest BCUT2D eigenvalue weighted by Gasteiger charge is 2.40. The van der Waals surface area contributed by atoms with E-state index in [2.05, 4.69) is 5.32 Å². The largest absolute Gasteiger partial charge is 0.380 e. The minimum absolute atomic E-state index is 0.181. The average molecular weight is 455 g/mol. The van der Waals surface area contributed by atoms with Crippen molar-refractivity contribution in [1.29, 1.82) is 0 Å². The normalized spacial score (nSPS) is 17.0. The minimum Gasteiger partial charge on any atom is -0.380 e. The summed E-state index contributed by atoms with van der Waals surface area (Å²) in [7, 11) is 0. The molecule has 0 spiro atoms. The zero-order valence-electron chi connectivity index (χ0n) is 17.1. The van der Waals surface area contributed by atoms with Crippen LogP contribution in [-0.2, 0) is 22.6 Å². The minimum atomic E-state index is -1.94. The van der Waals surface area contributed by atoms with Gasteiger partial charge in [0.1, 0.15) is 5.82 Å². The molecule has 0 radical (unpaired) electrons. The molecule has 4 rings (SSSR count). The molecular formula is C24H23FN2O4S. The number of aliphatic hydroxyl groups excluding tert-OH is 2. The lowest BCUT2D eigenvalue weighted by molar-refractivity contribution is -0.154. The van der Waals surface area contributed by atoms with Crippen LogP contribution < -0.4 is 5.32 Å². The number of rotatable bonds is 7. The maximum atomic E-state index is 13.9. The Hall–Kier alpha value is -3.07. The molecule has 3 atom stereocenters. The summed E-state index contributed by atoms with van der Waals surface area (Å²) in [5.41, 5.74) is 2.22. The van der Waals surface area contributed by atoms with Gasteiger partial charge in [0, 0.05) is 18.0 Å². The van der Waals surface area contributed by atoms with Crippen molar-refractivity contribution in [2.75, 3.05) is 6.54 Å². The van der Waals surface area contributed by atoms with Crippen molar-refractivity contribution in [3.63, 3.8) is 0 Å². The molecule has 0 saturated carbocycles. The average Bonchev–Trinajstić information content (AvgIpc) is 3.45. The van der Waals surface area contributed by atoms with Crippen LogP contribution in [0.2, 0.25) is 0 Å². The zero-order valence-corrected chi connectivity index (χ0v) is 18.0. The maximum Gasteiger partial charge on any atom is 0.255 e. The quantitative estimate of drug-likeness (QED) is 0.512. The highest BCUT2D eigenvalue weighted by Crippen LogP contribution is 2.39. The highest BCUT2D eigenvalue weighted by molar-refractivity contribution is 7.09. The summed E-state index contributed by atoms with van der Waals surface area (Å²) < 4.78 is 13.9. The third-order valence-electron chi connectivity index (χ3n) is 5.52. The van der Waals surface area contributed by atoms with E-state index in [1.54, 1.807) is 23.5 Å². The Morgan fingerprint density at radius 2 is 1.91 bits per heavy atom. The Labute approximate surface area is 188 Å². The van der Waals surface area contributed by atoms with Crippen molar-refractivity contribution in [3.8, 4) is 0 Å². The van der Waals surface area contributed by atoms with Gasteiger partial charge in [0.25, 0.3) is 11.8 Å². The number of thiophene rings is 1. The van der Waals surface area contributed by atoms with Crippen molar-refractivity contribution in [3.05, 3.63) is 93.4 Å². The molecular weight excluding hydrogens is 431 g/mol. The number of fused-ring (bicyclic) bond motifs is 1. The molecule has 1 aliphatic rings. The fourth-order valence-corrected chi connectivity index (χ4v) is 4.65. The summed E-state index contributed by atoms with van der Waals surface area (Å²) >= 11 is 1.55. The Morgan fingerprint density at radius 3 is 2.66 bits per heavy atom. The number of aliphatic hydroxyl groups is 2. The van der Waals surface area contributed by atoms with Gasteiger partial charge >= 0.3 is 0 Å². The van der Waals surface area contributed by atoms with Crippen molar-refractivity contribution in [2.45, 2.75) is 31.2 Å². The second-order valence-corrected chi connectivity index (χ2v) is 8.66. The first-order chi connectivity index (χ1) is 15.5. The molecule has 6 nitrogen and oxygen atoms in total. The number of hydrogen-bond acceptors (Lipinski definition) is 5. The Balaban J connectivity index is 1.48. The predicted molar refractivity (Wildman–Crippen MR) is 118 cm³/mol. The smallest absolute Gasteiger partial charge is 0.255 e. The van der Waals surface area contributed by atoms with Gasteiger partial charge in [0.05, 0.1) is 6.04 Å². The van der Waals surface area contributed by atoms with Gasteiger partial charge in [-0.3, -0.25) is 9.59 Å². The molecule has 2 aromatic carbocycles. The Bertz CT molecular complexity index is 1100. The number of carbonyl (C=O) groups is 2. The van der Waals surface area contributed by atoms with E-state index in [4.69, 9.17) is 0 Å². The van der Waals surface area contributed by atoms with E-state index in [0.29, 0.717) is 12.0 Å². The summed E-state index contributed by atoms with van der Waals surface area (Å²) in [6.07, 6.45) is -3.27. The van der Waals surface area contributed by atoms with E-state index < -0.39 is 35.9 Å². The third-order valence-corrected chi connectivity index (χ3v) is 6.46. The zero-order chi connectivity index (χ0) is 22.7. The van der Waals surface area contributed by atoms with Crippen LogP contribution in [0, 0.1) is 5.82 Å². The fourth-order valence-electron chi connectivity index (χ4n) is 3.95. The van der Waals surface area contributed by atoms with Crippen LogP contribution >= 0.6 is 11.3 Å². The SMILES string of the molecule is O=C(NCCc1cccs1)C(O)C(O)C(=O)N1Cc2ccccc2C1c1cccc(F)c1. The topological polar surface area (TPSA) is 89.9 Å². The molecule has 0 fully saturated rings. The van der Waals surface area contributed by atoms with Gasteiger partial charge in [-0.05, 0) is 46.7 Å². The second kappa shape index (κ2) is 9.60. The summed E-state index contributed by atoms with van der Waals surface area (Å²) in [6.45, 7) is 0.457. The fraction of sp³-hybridized carbons (Fsp3) is 0.250. The lowest BCUT2D eigenvalue weighted by Gasteiger charge is -2.29. The lowest BCUT2D eigenvalue weighted by Crippen LogP contribution is -2.50. The van der Waals surface area contributed by atoms with Crippen LogP contribution in [0.4, 0.5) is 4.39 Å². The lowest BCUT2D eigenvalue weighted by atomic mass is 9.97. The Kier molecular flexibility index (Phi) is 6.64. The molecule has 32 heavy (non-hydrogen) atoms. The molecule has 8 heteroatoms. The third kappa shape index (κ3) is 4.57. The number of nitrogens with zero attached hydrogens (tertiary/aromatic N) is 1. The molecule has 1 aliphatic heterocycles. The number of carbonyl (C=O) groups excluding carboxylic acids is 2. The van der Waals surface area contributed by atoms with E-state index in [0.717, 1.165) is 16.0 Å².